The number of pyridine rings is 1. The number of fused-ring (bicyclic) bond motifs is 1. The van der Waals surface area contributed by atoms with Crippen LogP contribution in [0.1, 0.15) is 21.5 Å². The van der Waals surface area contributed by atoms with E-state index in [0.29, 0.717) is 36.6 Å². The van der Waals surface area contributed by atoms with Crippen LogP contribution in [0.5, 0.6) is 0 Å². The zero-order valence-electron chi connectivity index (χ0n) is 15.9. The fraction of sp³-hybridized carbons (Fsp3) is 0.250. The van der Waals surface area contributed by atoms with Crippen LogP contribution in [0.4, 0.5) is 11.5 Å². The summed E-state index contributed by atoms with van der Waals surface area (Å²) in [4.78, 5) is 16.6. The average Bonchev–Trinajstić information content (AvgIpc) is 3.33. The molecule has 9 heteroatoms. The largest absolute Gasteiger partial charge is 0.305 e. The summed E-state index contributed by atoms with van der Waals surface area (Å²) >= 11 is 0. The third-order valence-corrected chi connectivity index (χ3v) is 6.04. The Morgan fingerprint density at radius 3 is 2.72 bits per heavy atom. The Morgan fingerprint density at radius 1 is 1.17 bits per heavy atom. The molecule has 0 bridgehead atoms. The molecule has 0 unspecified atom stereocenters. The van der Waals surface area contributed by atoms with Crippen LogP contribution in [-0.2, 0) is 29.4 Å². The van der Waals surface area contributed by atoms with Crippen LogP contribution in [0.15, 0.2) is 55.0 Å². The molecule has 0 spiro atoms. The van der Waals surface area contributed by atoms with Gasteiger partial charge in [-0.3, -0.25) is 18.8 Å². The molecule has 150 valence electrons. The highest BCUT2D eigenvalue weighted by molar-refractivity contribution is 7.92. The molecule has 0 saturated heterocycles. The van der Waals surface area contributed by atoms with Crippen molar-refractivity contribution in [2.24, 2.45) is 0 Å². The van der Waals surface area contributed by atoms with Gasteiger partial charge in [-0.25, -0.2) is 8.42 Å². The fourth-order valence-electron chi connectivity index (χ4n) is 3.39. The fourth-order valence-corrected chi connectivity index (χ4v) is 4.35. The number of rotatable bonds is 6. The summed E-state index contributed by atoms with van der Waals surface area (Å²) in [5.41, 5.74) is 3.14. The third-order valence-electron chi connectivity index (χ3n) is 4.86. The summed E-state index contributed by atoms with van der Waals surface area (Å²) in [7, 11) is -3.30. The molecule has 4 rings (SSSR count). The second-order valence-electron chi connectivity index (χ2n) is 6.95. The lowest BCUT2D eigenvalue weighted by atomic mass is 10.1. The maximum atomic E-state index is 12.6. The van der Waals surface area contributed by atoms with Crippen molar-refractivity contribution in [1.82, 2.24) is 14.8 Å². The maximum Gasteiger partial charge on any atom is 0.256 e. The molecular weight excluding hydrogens is 390 g/mol. The SMILES string of the molecule is CS(=O)(=O)N1CCc2cc(C(=O)Nc3ccn(CCc4ccncc4)n3)ccc21. The lowest BCUT2D eigenvalue weighted by Crippen LogP contribution is -2.27. The lowest BCUT2D eigenvalue weighted by Gasteiger charge is -2.16. The van der Waals surface area contributed by atoms with E-state index in [1.54, 1.807) is 41.3 Å². The number of aryl methyl sites for hydroxylation is 2. The first-order chi connectivity index (χ1) is 13.9. The first kappa shape index (κ1) is 19.1. The van der Waals surface area contributed by atoms with Gasteiger partial charge in [-0.15, -0.1) is 0 Å². The maximum absolute atomic E-state index is 12.6. The Bertz CT molecular complexity index is 1140. The van der Waals surface area contributed by atoms with Gasteiger partial charge in [-0.1, -0.05) is 0 Å². The van der Waals surface area contributed by atoms with Crippen LogP contribution in [0.3, 0.4) is 0 Å². The number of carbonyl (C=O) groups is 1. The smallest absolute Gasteiger partial charge is 0.256 e. The summed E-state index contributed by atoms with van der Waals surface area (Å²) in [6.45, 7) is 1.10. The van der Waals surface area contributed by atoms with Crippen LogP contribution in [-0.4, -0.2) is 41.9 Å². The van der Waals surface area contributed by atoms with Gasteiger partial charge in [0.1, 0.15) is 0 Å². The van der Waals surface area contributed by atoms with Crippen molar-refractivity contribution in [2.45, 2.75) is 19.4 Å². The van der Waals surface area contributed by atoms with E-state index in [-0.39, 0.29) is 5.91 Å². The summed E-state index contributed by atoms with van der Waals surface area (Å²) in [6.07, 6.45) is 7.94. The quantitative estimate of drug-likeness (QED) is 0.670. The molecule has 0 fully saturated rings. The second kappa shape index (κ2) is 7.67. The van der Waals surface area contributed by atoms with Gasteiger partial charge in [-0.05, 0) is 54.3 Å². The number of amides is 1. The molecular formula is C20H21N5O3S. The summed E-state index contributed by atoms with van der Waals surface area (Å²) < 4.78 is 26.8. The predicted octanol–water partition coefficient (Wildman–Crippen LogP) is 2.10. The Morgan fingerprint density at radius 2 is 1.97 bits per heavy atom. The molecule has 0 saturated carbocycles. The van der Waals surface area contributed by atoms with Gasteiger partial charge in [0, 0.05) is 43.3 Å². The molecule has 0 aliphatic carbocycles. The van der Waals surface area contributed by atoms with Crippen molar-refractivity contribution in [3.63, 3.8) is 0 Å². The highest BCUT2D eigenvalue weighted by Gasteiger charge is 2.26. The van der Waals surface area contributed by atoms with Gasteiger partial charge in [-0.2, -0.15) is 5.10 Å². The van der Waals surface area contributed by atoms with Gasteiger partial charge < -0.3 is 5.32 Å². The minimum absolute atomic E-state index is 0.273. The van der Waals surface area contributed by atoms with E-state index in [1.165, 1.54) is 16.1 Å². The standard InChI is InChI=1S/C20H21N5O3S/c1-29(27,28)25-13-7-16-14-17(2-3-18(16)25)20(26)22-19-8-12-24(23-19)11-6-15-4-9-21-10-5-15/h2-5,8-10,12,14H,6-7,11,13H2,1H3,(H,22,23,26). The number of benzene rings is 1. The highest BCUT2D eigenvalue weighted by atomic mass is 32.2. The van der Waals surface area contributed by atoms with Crippen molar-refractivity contribution in [3.8, 4) is 0 Å². The lowest BCUT2D eigenvalue weighted by molar-refractivity contribution is 0.102. The number of carbonyl (C=O) groups excluding carboxylic acids is 1. The van der Waals surface area contributed by atoms with Crippen LogP contribution in [0.2, 0.25) is 0 Å². The van der Waals surface area contributed by atoms with Crippen molar-refractivity contribution in [3.05, 3.63) is 71.7 Å². The Hall–Kier alpha value is -3.20. The Balaban J connectivity index is 1.41. The molecule has 8 nitrogen and oxygen atoms in total. The van der Waals surface area contributed by atoms with E-state index in [2.05, 4.69) is 15.4 Å². The topological polar surface area (TPSA) is 97.2 Å². The van der Waals surface area contributed by atoms with Gasteiger partial charge in [0.2, 0.25) is 10.0 Å². The predicted molar refractivity (Wildman–Crippen MR) is 110 cm³/mol. The molecule has 0 atom stereocenters. The molecule has 1 amide bonds. The van der Waals surface area contributed by atoms with Crippen LogP contribution < -0.4 is 9.62 Å². The van der Waals surface area contributed by atoms with Crippen molar-refractivity contribution >= 4 is 27.4 Å². The molecule has 3 heterocycles. The summed E-state index contributed by atoms with van der Waals surface area (Å²) in [5.74, 6) is 0.202. The number of sulfonamides is 1. The molecule has 29 heavy (non-hydrogen) atoms. The Kier molecular flexibility index (Phi) is 5.06. The summed E-state index contributed by atoms with van der Waals surface area (Å²) in [6, 6.07) is 10.7. The van der Waals surface area contributed by atoms with E-state index in [4.69, 9.17) is 0 Å². The molecule has 3 aromatic rings. The van der Waals surface area contributed by atoms with E-state index in [0.717, 1.165) is 12.0 Å². The first-order valence-electron chi connectivity index (χ1n) is 9.24. The van der Waals surface area contributed by atoms with Crippen molar-refractivity contribution in [2.75, 3.05) is 22.4 Å². The van der Waals surface area contributed by atoms with Crippen molar-refractivity contribution in [1.29, 1.82) is 0 Å². The monoisotopic (exact) mass is 411 g/mol. The molecule has 1 aromatic carbocycles. The van der Waals surface area contributed by atoms with Crippen LogP contribution in [0.25, 0.3) is 0 Å². The Labute approximate surface area is 169 Å². The van der Waals surface area contributed by atoms with Gasteiger partial charge in [0.05, 0.1) is 11.9 Å². The molecule has 0 radical (unpaired) electrons. The number of hydrogen-bond donors (Lipinski definition) is 1. The van der Waals surface area contributed by atoms with Crippen LogP contribution >= 0.6 is 0 Å². The van der Waals surface area contributed by atoms with Gasteiger partial charge in [0.25, 0.3) is 5.91 Å². The van der Waals surface area contributed by atoms with Crippen molar-refractivity contribution < 1.29 is 13.2 Å². The number of hydrogen-bond acceptors (Lipinski definition) is 5. The molecule has 1 N–H and O–H groups in total. The van der Waals surface area contributed by atoms with E-state index < -0.39 is 10.0 Å². The number of aromatic nitrogens is 3. The normalized spacial score (nSPS) is 13.3. The highest BCUT2D eigenvalue weighted by Crippen LogP contribution is 2.30. The average molecular weight is 411 g/mol. The number of nitrogens with one attached hydrogen (secondary N) is 1. The van der Waals surface area contributed by atoms with Gasteiger partial charge in [0.15, 0.2) is 5.82 Å². The van der Waals surface area contributed by atoms with E-state index >= 15 is 0 Å². The number of anilines is 2. The zero-order chi connectivity index (χ0) is 20.4. The molecule has 1 aliphatic rings. The first-order valence-corrected chi connectivity index (χ1v) is 11.1. The zero-order valence-corrected chi connectivity index (χ0v) is 16.8. The minimum atomic E-state index is -3.30. The van der Waals surface area contributed by atoms with E-state index in [9.17, 15) is 13.2 Å². The molecule has 2 aromatic heterocycles. The van der Waals surface area contributed by atoms with E-state index in [1.807, 2.05) is 18.3 Å². The van der Waals surface area contributed by atoms with Gasteiger partial charge >= 0.3 is 0 Å². The second-order valence-corrected chi connectivity index (χ2v) is 8.86. The third kappa shape index (κ3) is 4.29. The van der Waals surface area contributed by atoms with Crippen LogP contribution in [0, 0.1) is 0 Å². The molecule has 1 aliphatic heterocycles. The number of nitrogens with zero attached hydrogens (tertiary/aromatic N) is 4. The summed E-state index contributed by atoms with van der Waals surface area (Å²) in [5, 5.41) is 7.19. The minimum Gasteiger partial charge on any atom is -0.305 e.